The van der Waals surface area contributed by atoms with E-state index in [1.165, 1.54) is 0 Å². The van der Waals surface area contributed by atoms with E-state index in [4.69, 9.17) is 5.26 Å². The monoisotopic (exact) mass is 271 g/mol. The first-order chi connectivity index (χ1) is 9.73. The van der Waals surface area contributed by atoms with E-state index in [2.05, 4.69) is 37.5 Å². The summed E-state index contributed by atoms with van der Waals surface area (Å²) in [6.45, 7) is 4.88. The number of anilines is 2. The van der Waals surface area contributed by atoms with Crippen molar-refractivity contribution in [2.75, 3.05) is 24.2 Å². The van der Waals surface area contributed by atoms with Gasteiger partial charge in [0, 0.05) is 13.6 Å². The van der Waals surface area contributed by atoms with E-state index in [-0.39, 0.29) is 5.82 Å². The van der Waals surface area contributed by atoms with Gasteiger partial charge in [-0.15, -0.1) is 0 Å². The molecular weight excluding hydrogens is 254 g/mol. The number of nitriles is 1. The summed E-state index contributed by atoms with van der Waals surface area (Å²) in [6.07, 6.45) is 1.70. The Labute approximate surface area is 117 Å². The highest BCUT2D eigenvalue weighted by Crippen LogP contribution is 2.22. The number of aryl methyl sites for hydroxylation is 1. The second-order valence-corrected chi connectivity index (χ2v) is 4.23. The van der Waals surface area contributed by atoms with Crippen LogP contribution in [0.1, 0.15) is 31.8 Å². The van der Waals surface area contributed by atoms with Crippen LogP contribution in [0.25, 0.3) is 11.0 Å². The molecule has 0 spiro atoms. The van der Waals surface area contributed by atoms with Gasteiger partial charge in [0.05, 0.1) is 5.69 Å². The minimum absolute atomic E-state index is 0.120. The molecule has 0 unspecified atom stereocenters. The highest BCUT2D eigenvalue weighted by atomic mass is 15.1. The minimum atomic E-state index is 0.120. The molecule has 0 saturated heterocycles. The quantitative estimate of drug-likeness (QED) is 0.854. The summed E-state index contributed by atoms with van der Waals surface area (Å²) in [5.74, 6) is 1.23. The molecule has 0 saturated carbocycles. The van der Waals surface area contributed by atoms with Crippen molar-refractivity contribution in [1.29, 1.82) is 5.26 Å². The number of hydrogen-bond acceptors (Lipinski definition) is 7. The molecule has 2 aromatic rings. The summed E-state index contributed by atoms with van der Waals surface area (Å²) in [6, 6.07) is 1.96. The van der Waals surface area contributed by atoms with E-state index in [1.54, 1.807) is 7.05 Å². The largest absolute Gasteiger partial charge is 0.371 e. The van der Waals surface area contributed by atoms with E-state index < -0.39 is 0 Å². The molecule has 0 aliphatic rings. The molecule has 0 aromatic carbocycles. The van der Waals surface area contributed by atoms with E-state index in [9.17, 15) is 0 Å². The van der Waals surface area contributed by atoms with Crippen molar-refractivity contribution in [3.8, 4) is 6.07 Å². The van der Waals surface area contributed by atoms with Crippen LogP contribution in [-0.4, -0.2) is 33.5 Å². The molecule has 0 bridgehead atoms. The molecule has 20 heavy (non-hydrogen) atoms. The first kappa shape index (κ1) is 13.9. The van der Waals surface area contributed by atoms with Crippen molar-refractivity contribution in [2.24, 2.45) is 0 Å². The predicted molar refractivity (Wildman–Crippen MR) is 77.5 cm³/mol. The summed E-state index contributed by atoms with van der Waals surface area (Å²) in [5.41, 5.74) is 2.08. The smallest absolute Gasteiger partial charge is 0.234 e. The number of hydrogen-bond donors (Lipinski definition) is 2. The third-order valence-electron chi connectivity index (χ3n) is 2.82. The van der Waals surface area contributed by atoms with Crippen LogP contribution in [0.4, 0.5) is 11.8 Å². The van der Waals surface area contributed by atoms with Crippen molar-refractivity contribution >= 4 is 22.8 Å². The molecule has 0 amide bonds. The fourth-order valence-electron chi connectivity index (χ4n) is 1.86. The van der Waals surface area contributed by atoms with Crippen LogP contribution in [-0.2, 0) is 6.42 Å². The molecule has 0 atom stereocenters. The number of rotatable bonds is 5. The third-order valence-corrected chi connectivity index (χ3v) is 2.82. The highest BCUT2D eigenvalue weighted by Gasteiger charge is 2.14. The Kier molecular flexibility index (Phi) is 4.25. The summed E-state index contributed by atoms with van der Waals surface area (Å²) in [5, 5.41) is 15.1. The van der Waals surface area contributed by atoms with Crippen molar-refractivity contribution in [3.05, 3.63) is 11.5 Å². The van der Waals surface area contributed by atoms with Gasteiger partial charge in [-0.05, 0) is 12.8 Å². The lowest BCUT2D eigenvalue weighted by atomic mass is 10.2. The summed E-state index contributed by atoms with van der Waals surface area (Å²) in [7, 11) is 1.75. The van der Waals surface area contributed by atoms with Gasteiger partial charge in [-0.3, -0.25) is 0 Å². The Morgan fingerprint density at radius 1 is 1.10 bits per heavy atom. The minimum Gasteiger partial charge on any atom is -0.371 e. The van der Waals surface area contributed by atoms with Crippen LogP contribution in [0, 0.1) is 11.3 Å². The molecule has 0 aliphatic heterocycles. The molecule has 104 valence electrons. The molecule has 0 fully saturated rings. The summed E-state index contributed by atoms with van der Waals surface area (Å²) in [4.78, 5) is 17.3. The zero-order chi connectivity index (χ0) is 14.5. The van der Waals surface area contributed by atoms with Gasteiger partial charge < -0.3 is 10.6 Å². The van der Waals surface area contributed by atoms with Gasteiger partial charge in [0.2, 0.25) is 11.8 Å². The average molecular weight is 271 g/mol. The molecule has 2 N–H and O–H groups in total. The van der Waals surface area contributed by atoms with Crippen molar-refractivity contribution < 1.29 is 0 Å². The standard InChI is InChI=1S/C13H17N7/c1-4-6-16-13-17-8(5-2)10-11(20-13)12(15-3)19-9(7-14)18-10/h4-6H2,1-3H3,(H,15,18,19)(H,16,17,20). The Balaban J connectivity index is 2.67. The van der Waals surface area contributed by atoms with Crippen molar-refractivity contribution in [1.82, 2.24) is 19.9 Å². The van der Waals surface area contributed by atoms with Crippen LogP contribution in [0.15, 0.2) is 0 Å². The summed E-state index contributed by atoms with van der Waals surface area (Å²) < 4.78 is 0. The maximum Gasteiger partial charge on any atom is 0.234 e. The lowest BCUT2D eigenvalue weighted by Crippen LogP contribution is -2.09. The van der Waals surface area contributed by atoms with E-state index in [0.29, 0.717) is 29.2 Å². The summed E-state index contributed by atoms with van der Waals surface area (Å²) >= 11 is 0. The lowest BCUT2D eigenvalue weighted by molar-refractivity contribution is 0.937. The first-order valence-corrected chi connectivity index (χ1v) is 6.63. The third kappa shape index (κ3) is 2.59. The van der Waals surface area contributed by atoms with Gasteiger partial charge in [-0.1, -0.05) is 13.8 Å². The predicted octanol–water partition coefficient (Wildman–Crippen LogP) is 1.72. The second kappa shape index (κ2) is 6.10. The molecule has 2 heterocycles. The van der Waals surface area contributed by atoms with Crippen LogP contribution < -0.4 is 10.6 Å². The van der Waals surface area contributed by atoms with Crippen LogP contribution in [0.3, 0.4) is 0 Å². The zero-order valence-electron chi connectivity index (χ0n) is 11.9. The zero-order valence-corrected chi connectivity index (χ0v) is 11.9. The van der Waals surface area contributed by atoms with Crippen LogP contribution in [0.2, 0.25) is 0 Å². The van der Waals surface area contributed by atoms with E-state index >= 15 is 0 Å². The average Bonchev–Trinajstić information content (AvgIpc) is 2.50. The Morgan fingerprint density at radius 2 is 1.90 bits per heavy atom. The van der Waals surface area contributed by atoms with Crippen LogP contribution >= 0.6 is 0 Å². The van der Waals surface area contributed by atoms with Gasteiger partial charge in [0.1, 0.15) is 17.1 Å². The second-order valence-electron chi connectivity index (χ2n) is 4.23. The van der Waals surface area contributed by atoms with Crippen molar-refractivity contribution in [2.45, 2.75) is 26.7 Å². The number of nitrogens with one attached hydrogen (secondary N) is 2. The van der Waals surface area contributed by atoms with E-state index in [1.807, 2.05) is 13.0 Å². The number of nitrogens with zero attached hydrogens (tertiary/aromatic N) is 5. The van der Waals surface area contributed by atoms with Gasteiger partial charge in [0.15, 0.2) is 5.82 Å². The first-order valence-electron chi connectivity index (χ1n) is 6.63. The molecule has 0 aliphatic carbocycles. The Morgan fingerprint density at radius 3 is 2.50 bits per heavy atom. The fraction of sp³-hybridized carbons (Fsp3) is 0.462. The molecule has 7 nitrogen and oxygen atoms in total. The highest BCUT2D eigenvalue weighted by molar-refractivity contribution is 5.87. The maximum absolute atomic E-state index is 9.00. The molecular formula is C13H17N7. The fourth-order valence-corrected chi connectivity index (χ4v) is 1.86. The lowest BCUT2D eigenvalue weighted by Gasteiger charge is -2.10. The molecule has 0 radical (unpaired) electrons. The van der Waals surface area contributed by atoms with Gasteiger partial charge >= 0.3 is 0 Å². The molecule has 2 aromatic heterocycles. The van der Waals surface area contributed by atoms with Crippen LogP contribution in [0.5, 0.6) is 0 Å². The van der Waals surface area contributed by atoms with E-state index in [0.717, 1.165) is 18.7 Å². The van der Waals surface area contributed by atoms with Gasteiger partial charge in [-0.2, -0.15) is 10.2 Å². The van der Waals surface area contributed by atoms with Gasteiger partial charge in [-0.25, -0.2) is 15.0 Å². The number of aromatic nitrogens is 4. The topological polar surface area (TPSA) is 99.4 Å². The maximum atomic E-state index is 9.00. The Bertz CT molecular complexity index is 660. The molecule has 2 rings (SSSR count). The molecule has 7 heteroatoms. The van der Waals surface area contributed by atoms with Gasteiger partial charge in [0.25, 0.3) is 0 Å². The Hall–Kier alpha value is -2.49. The van der Waals surface area contributed by atoms with Crippen molar-refractivity contribution in [3.63, 3.8) is 0 Å². The SMILES string of the molecule is CCCNc1nc(CC)c2nc(C#N)nc(NC)c2n1. The normalized spacial score (nSPS) is 10.3. The number of fused-ring (bicyclic) bond motifs is 1.